The molecular formula is C24H25FN6O2S2. The van der Waals surface area contributed by atoms with E-state index < -0.39 is 5.82 Å². The lowest BCUT2D eigenvalue weighted by Crippen LogP contribution is -2.18. The topological polar surface area (TPSA) is 100 Å². The number of anilines is 5. The van der Waals surface area contributed by atoms with Gasteiger partial charge in [0.1, 0.15) is 10.1 Å². The molecule has 182 valence electrons. The van der Waals surface area contributed by atoms with Crippen LogP contribution in [0.4, 0.5) is 33.2 Å². The molecular weight excluding hydrogens is 487 g/mol. The van der Waals surface area contributed by atoms with Crippen LogP contribution in [0.2, 0.25) is 0 Å². The predicted molar refractivity (Wildman–Crippen MR) is 144 cm³/mol. The number of thioether (sulfide) groups is 1. The fourth-order valence-electron chi connectivity index (χ4n) is 2.77. The minimum absolute atomic E-state index is 0.0115. The highest BCUT2D eigenvalue weighted by Crippen LogP contribution is 2.23. The van der Waals surface area contributed by atoms with E-state index in [0.717, 1.165) is 28.6 Å². The fraction of sp³-hybridized carbons (Fsp3) is 0.167. The van der Waals surface area contributed by atoms with E-state index in [1.165, 1.54) is 17.8 Å². The highest BCUT2D eigenvalue weighted by atomic mass is 32.2. The van der Waals surface area contributed by atoms with Gasteiger partial charge >= 0.3 is 0 Å². The molecule has 0 unspecified atom stereocenters. The number of nitrogens with one attached hydrogen (secondary N) is 4. The summed E-state index contributed by atoms with van der Waals surface area (Å²) in [5, 5.41) is 11.7. The number of benzene rings is 2. The largest absolute Gasteiger partial charge is 0.493 e. The number of hydrogen-bond donors (Lipinski definition) is 4. The number of carbonyl (C=O) groups is 1. The number of nitrogens with zero attached hydrogens (tertiary/aromatic N) is 2. The summed E-state index contributed by atoms with van der Waals surface area (Å²) in [5.41, 5.74) is 1.79. The van der Waals surface area contributed by atoms with Gasteiger partial charge in [0.25, 0.3) is 0 Å². The Kier molecular flexibility index (Phi) is 9.81. The first-order chi connectivity index (χ1) is 17.0. The summed E-state index contributed by atoms with van der Waals surface area (Å²) in [6.45, 7) is 6.75. The second-order valence-electron chi connectivity index (χ2n) is 6.95. The minimum atomic E-state index is -0.619. The van der Waals surface area contributed by atoms with Gasteiger partial charge in [-0.2, -0.15) is 4.98 Å². The van der Waals surface area contributed by atoms with E-state index in [1.54, 1.807) is 24.3 Å². The van der Waals surface area contributed by atoms with Crippen molar-refractivity contribution >= 4 is 63.0 Å². The molecule has 0 radical (unpaired) electrons. The monoisotopic (exact) mass is 512 g/mol. The SMILES string of the molecule is C=CC(=O)Nc1cccc(Nc2nc(Nc3ccc(OCCSC(=S)NCC)cc3)ncc2F)c1. The zero-order valence-electron chi connectivity index (χ0n) is 19.0. The van der Waals surface area contributed by atoms with Gasteiger partial charge in [-0.1, -0.05) is 36.6 Å². The molecule has 11 heteroatoms. The van der Waals surface area contributed by atoms with Crippen molar-refractivity contribution in [3.63, 3.8) is 0 Å². The molecule has 2 aromatic carbocycles. The van der Waals surface area contributed by atoms with E-state index in [-0.39, 0.29) is 17.7 Å². The van der Waals surface area contributed by atoms with Crippen molar-refractivity contribution in [3.8, 4) is 5.75 Å². The lowest BCUT2D eigenvalue weighted by Gasteiger charge is -2.11. The molecule has 4 N–H and O–H groups in total. The molecule has 0 aliphatic heterocycles. The van der Waals surface area contributed by atoms with E-state index in [0.29, 0.717) is 23.7 Å². The van der Waals surface area contributed by atoms with E-state index >= 15 is 0 Å². The maximum atomic E-state index is 14.3. The molecule has 35 heavy (non-hydrogen) atoms. The van der Waals surface area contributed by atoms with E-state index in [4.69, 9.17) is 17.0 Å². The summed E-state index contributed by atoms with van der Waals surface area (Å²) in [7, 11) is 0. The van der Waals surface area contributed by atoms with Crippen LogP contribution >= 0.6 is 24.0 Å². The van der Waals surface area contributed by atoms with Crippen LogP contribution in [0, 0.1) is 5.82 Å². The van der Waals surface area contributed by atoms with Crippen molar-refractivity contribution in [3.05, 3.63) is 73.2 Å². The van der Waals surface area contributed by atoms with Gasteiger partial charge in [-0.3, -0.25) is 4.79 Å². The lowest BCUT2D eigenvalue weighted by molar-refractivity contribution is -0.111. The van der Waals surface area contributed by atoms with Crippen LogP contribution in [0.15, 0.2) is 67.4 Å². The first kappa shape index (κ1) is 25.9. The molecule has 0 fully saturated rings. The molecule has 0 spiro atoms. The normalized spacial score (nSPS) is 10.2. The summed E-state index contributed by atoms with van der Waals surface area (Å²) in [6, 6.07) is 14.1. The fourth-order valence-corrected chi connectivity index (χ4v) is 3.77. The molecule has 0 atom stereocenters. The Balaban J connectivity index is 1.58. The van der Waals surface area contributed by atoms with Crippen LogP contribution in [-0.2, 0) is 4.79 Å². The molecule has 0 saturated carbocycles. The smallest absolute Gasteiger partial charge is 0.247 e. The third-order valence-electron chi connectivity index (χ3n) is 4.34. The maximum Gasteiger partial charge on any atom is 0.247 e. The minimum Gasteiger partial charge on any atom is -0.493 e. The van der Waals surface area contributed by atoms with Crippen molar-refractivity contribution in [2.45, 2.75) is 6.92 Å². The summed E-state index contributed by atoms with van der Waals surface area (Å²) in [4.78, 5) is 19.7. The van der Waals surface area contributed by atoms with Gasteiger partial charge < -0.3 is 26.0 Å². The van der Waals surface area contributed by atoms with Crippen molar-refractivity contribution in [1.82, 2.24) is 15.3 Å². The number of thiocarbonyl (C=S) groups is 1. The Morgan fingerprint density at radius 2 is 1.94 bits per heavy atom. The molecule has 0 aliphatic rings. The number of amides is 1. The van der Waals surface area contributed by atoms with E-state index in [1.807, 2.05) is 31.2 Å². The first-order valence-corrected chi connectivity index (χ1v) is 12.1. The highest BCUT2D eigenvalue weighted by molar-refractivity contribution is 8.22. The molecule has 8 nitrogen and oxygen atoms in total. The average Bonchev–Trinajstić information content (AvgIpc) is 2.85. The second kappa shape index (κ2) is 13.3. The van der Waals surface area contributed by atoms with Crippen molar-refractivity contribution in [2.24, 2.45) is 0 Å². The summed E-state index contributed by atoms with van der Waals surface area (Å²) >= 11 is 6.71. The highest BCUT2D eigenvalue weighted by Gasteiger charge is 2.09. The molecule has 1 amide bonds. The van der Waals surface area contributed by atoms with Gasteiger partial charge in [0, 0.05) is 29.4 Å². The van der Waals surface area contributed by atoms with Gasteiger partial charge in [-0.15, -0.1) is 0 Å². The lowest BCUT2D eigenvalue weighted by atomic mass is 10.2. The third kappa shape index (κ3) is 8.54. The number of halogens is 1. The Hall–Kier alpha value is -3.70. The summed E-state index contributed by atoms with van der Waals surface area (Å²) < 4.78 is 20.8. The summed E-state index contributed by atoms with van der Waals surface area (Å²) in [5.74, 6) is 0.706. The first-order valence-electron chi connectivity index (χ1n) is 10.7. The summed E-state index contributed by atoms with van der Waals surface area (Å²) in [6.07, 6.45) is 2.25. The molecule has 3 aromatic rings. The molecule has 0 saturated heterocycles. The number of aromatic nitrogens is 2. The van der Waals surface area contributed by atoms with Gasteiger partial charge in [0.2, 0.25) is 11.9 Å². The quantitative estimate of drug-likeness (QED) is 0.156. The van der Waals surface area contributed by atoms with E-state index in [2.05, 4.69) is 37.8 Å². The molecule has 1 heterocycles. The van der Waals surface area contributed by atoms with E-state index in [9.17, 15) is 9.18 Å². The Morgan fingerprint density at radius 1 is 1.17 bits per heavy atom. The van der Waals surface area contributed by atoms with Gasteiger partial charge in [0.15, 0.2) is 11.6 Å². The Morgan fingerprint density at radius 3 is 2.69 bits per heavy atom. The zero-order valence-corrected chi connectivity index (χ0v) is 20.6. The average molecular weight is 513 g/mol. The third-order valence-corrected chi connectivity index (χ3v) is 5.61. The number of ether oxygens (including phenoxy) is 1. The van der Waals surface area contributed by atoms with Crippen LogP contribution in [0.5, 0.6) is 5.75 Å². The van der Waals surface area contributed by atoms with Crippen LogP contribution in [0.1, 0.15) is 6.92 Å². The van der Waals surface area contributed by atoms with Crippen LogP contribution < -0.4 is 26.0 Å². The predicted octanol–water partition coefficient (Wildman–Crippen LogP) is 5.23. The number of carbonyl (C=O) groups excluding carboxylic acids is 1. The molecule has 3 rings (SSSR count). The van der Waals surface area contributed by atoms with Crippen LogP contribution in [0.3, 0.4) is 0 Å². The zero-order chi connectivity index (χ0) is 25.0. The van der Waals surface area contributed by atoms with Crippen LogP contribution in [-0.4, -0.2) is 39.1 Å². The van der Waals surface area contributed by atoms with Crippen LogP contribution in [0.25, 0.3) is 0 Å². The standard InChI is InChI=1S/C24H25FN6O2S2/c1-3-21(32)28-17-6-5-7-18(14-17)29-22-20(25)15-27-23(31-22)30-16-8-10-19(11-9-16)33-12-13-35-24(34)26-4-2/h3,5-11,14-15H,1,4,12-13H2,2H3,(H,26,34)(H,28,32)(H2,27,29,30,31). The molecule has 1 aromatic heterocycles. The van der Waals surface area contributed by atoms with Crippen molar-refractivity contribution in [1.29, 1.82) is 0 Å². The number of rotatable bonds is 11. The van der Waals surface area contributed by atoms with Crippen molar-refractivity contribution < 1.29 is 13.9 Å². The van der Waals surface area contributed by atoms with Gasteiger partial charge in [0.05, 0.1) is 12.8 Å². The Bertz CT molecular complexity index is 1180. The van der Waals surface area contributed by atoms with Gasteiger partial charge in [-0.05, 0) is 55.5 Å². The molecule has 0 aliphatic carbocycles. The number of hydrogen-bond acceptors (Lipinski definition) is 8. The van der Waals surface area contributed by atoms with Gasteiger partial charge in [-0.25, -0.2) is 9.37 Å². The van der Waals surface area contributed by atoms with Crippen molar-refractivity contribution in [2.75, 3.05) is 34.9 Å². The molecule has 0 bridgehead atoms. The maximum absolute atomic E-state index is 14.3. The Labute approximate surface area is 212 Å². The second-order valence-corrected chi connectivity index (χ2v) is 8.73.